The normalized spacial score (nSPS) is 40.7. The number of alkyl halides is 1. The van der Waals surface area contributed by atoms with Crippen molar-refractivity contribution in [3.05, 3.63) is 0 Å². The first kappa shape index (κ1) is 23.3. The number of amides is 2. The maximum Gasteiger partial charge on any atom is 0.409 e. The summed E-state index contributed by atoms with van der Waals surface area (Å²) in [6, 6.07) is 0.651. The van der Waals surface area contributed by atoms with Crippen LogP contribution in [0.5, 0.6) is 0 Å². The van der Waals surface area contributed by atoms with Gasteiger partial charge in [-0.15, -0.1) is 0 Å². The Kier molecular flexibility index (Phi) is 6.60. The number of halogens is 1. The lowest BCUT2D eigenvalue weighted by molar-refractivity contribution is -0.124. The topological polar surface area (TPSA) is 73.9 Å². The van der Waals surface area contributed by atoms with Crippen LogP contribution in [0.3, 0.4) is 0 Å². The summed E-state index contributed by atoms with van der Waals surface area (Å²) in [7, 11) is 1.45. The van der Waals surface area contributed by atoms with Gasteiger partial charge in [-0.3, -0.25) is 9.69 Å². The van der Waals surface area contributed by atoms with Gasteiger partial charge in [0.15, 0.2) is 0 Å². The van der Waals surface area contributed by atoms with Crippen molar-refractivity contribution in [1.82, 2.24) is 20.4 Å². The standard InChI is InChI=1S/C25H41FN4O3/c1-16-6-7-20(26)19-13-21(28-22(16)19)23(31)27-17-4-3-5-18(12-17)30-14-25(15-30)8-10-29(11-9-25)24(32)33-2/h16-22,28H,3-15H2,1-2H3,(H,27,31). The fourth-order valence-electron chi connectivity index (χ4n) is 7.41. The summed E-state index contributed by atoms with van der Waals surface area (Å²) in [6.07, 6.45) is 7.70. The quantitative estimate of drug-likeness (QED) is 0.672. The second kappa shape index (κ2) is 9.33. The minimum absolute atomic E-state index is 0.00789. The minimum atomic E-state index is -0.770. The number of hydrogen-bond donors (Lipinski definition) is 2. The molecule has 0 aromatic carbocycles. The number of carbonyl (C=O) groups excluding carboxylic acids is 2. The van der Waals surface area contributed by atoms with E-state index in [0.717, 1.165) is 64.7 Å². The van der Waals surface area contributed by atoms with E-state index in [1.54, 1.807) is 0 Å². The van der Waals surface area contributed by atoms with Gasteiger partial charge in [-0.2, -0.15) is 0 Å². The molecule has 0 bridgehead atoms. The van der Waals surface area contributed by atoms with E-state index in [-0.39, 0.29) is 36.0 Å². The average molecular weight is 465 g/mol. The molecule has 8 heteroatoms. The van der Waals surface area contributed by atoms with Crippen molar-refractivity contribution in [2.24, 2.45) is 17.3 Å². The number of nitrogens with zero attached hydrogens (tertiary/aromatic N) is 2. The smallest absolute Gasteiger partial charge is 0.409 e. The first-order valence-corrected chi connectivity index (χ1v) is 13.1. The van der Waals surface area contributed by atoms with Gasteiger partial charge in [0.05, 0.1) is 13.2 Å². The molecule has 7 unspecified atom stereocenters. The highest BCUT2D eigenvalue weighted by Gasteiger charge is 2.49. The van der Waals surface area contributed by atoms with Crippen LogP contribution in [-0.4, -0.2) is 85.4 Å². The van der Waals surface area contributed by atoms with Crippen LogP contribution in [0.4, 0.5) is 9.18 Å². The van der Waals surface area contributed by atoms with E-state index in [1.165, 1.54) is 13.5 Å². The molecule has 0 aromatic heterocycles. The predicted molar refractivity (Wildman–Crippen MR) is 124 cm³/mol. The molecule has 2 amide bonds. The zero-order chi connectivity index (χ0) is 23.2. The van der Waals surface area contributed by atoms with Crippen LogP contribution in [-0.2, 0) is 9.53 Å². The summed E-state index contributed by atoms with van der Waals surface area (Å²) in [5.74, 6) is 0.508. The number of rotatable bonds is 3. The molecule has 5 aliphatic rings. The third-order valence-electron chi connectivity index (χ3n) is 9.50. The minimum Gasteiger partial charge on any atom is -0.453 e. The summed E-state index contributed by atoms with van der Waals surface area (Å²) < 4.78 is 19.3. The van der Waals surface area contributed by atoms with Gasteiger partial charge in [0, 0.05) is 50.2 Å². The molecule has 2 N–H and O–H groups in total. The summed E-state index contributed by atoms with van der Waals surface area (Å²) in [4.78, 5) is 29.2. The van der Waals surface area contributed by atoms with Crippen molar-refractivity contribution >= 4 is 12.0 Å². The van der Waals surface area contributed by atoms with Gasteiger partial charge < -0.3 is 20.3 Å². The zero-order valence-corrected chi connectivity index (χ0v) is 20.2. The Morgan fingerprint density at radius 2 is 1.85 bits per heavy atom. The Balaban J connectivity index is 1.08. The number of carbonyl (C=O) groups is 2. The average Bonchev–Trinajstić information content (AvgIpc) is 3.27. The Hall–Kier alpha value is -1.41. The summed E-state index contributed by atoms with van der Waals surface area (Å²) in [5.41, 5.74) is 0.352. The molecule has 33 heavy (non-hydrogen) atoms. The number of methoxy groups -OCH3 is 1. The highest BCUT2D eigenvalue weighted by molar-refractivity contribution is 5.82. The highest BCUT2D eigenvalue weighted by atomic mass is 19.1. The van der Waals surface area contributed by atoms with E-state index >= 15 is 0 Å². The van der Waals surface area contributed by atoms with Gasteiger partial charge in [-0.05, 0) is 69.1 Å². The van der Waals surface area contributed by atoms with Gasteiger partial charge in [0.25, 0.3) is 0 Å². The summed E-state index contributed by atoms with van der Waals surface area (Å²) in [5, 5.41) is 6.79. The number of likely N-dealkylation sites (tertiary alicyclic amines) is 2. The predicted octanol–water partition coefficient (Wildman–Crippen LogP) is 2.69. The highest BCUT2D eigenvalue weighted by Crippen LogP contribution is 2.43. The Morgan fingerprint density at radius 1 is 1.09 bits per heavy atom. The second-order valence-electron chi connectivity index (χ2n) is 11.6. The Morgan fingerprint density at radius 3 is 2.55 bits per heavy atom. The van der Waals surface area contributed by atoms with Gasteiger partial charge in [-0.25, -0.2) is 9.18 Å². The van der Waals surface area contributed by atoms with E-state index < -0.39 is 6.17 Å². The van der Waals surface area contributed by atoms with Crippen LogP contribution >= 0.6 is 0 Å². The van der Waals surface area contributed by atoms with Crippen LogP contribution in [0.2, 0.25) is 0 Å². The molecule has 1 spiro atoms. The molecule has 3 saturated heterocycles. The Bertz CT molecular complexity index is 717. The number of fused-ring (bicyclic) bond motifs is 1. The zero-order valence-electron chi connectivity index (χ0n) is 20.2. The second-order valence-corrected chi connectivity index (χ2v) is 11.6. The molecule has 0 aromatic rings. The van der Waals surface area contributed by atoms with Crippen LogP contribution in [0.1, 0.15) is 64.7 Å². The van der Waals surface area contributed by atoms with Crippen molar-refractivity contribution in [3.63, 3.8) is 0 Å². The molecule has 2 aliphatic carbocycles. The van der Waals surface area contributed by atoms with E-state index in [4.69, 9.17) is 4.74 Å². The fraction of sp³-hybridized carbons (Fsp3) is 0.920. The number of ether oxygens (including phenoxy) is 1. The van der Waals surface area contributed by atoms with Crippen molar-refractivity contribution in [2.75, 3.05) is 33.3 Å². The maximum atomic E-state index is 14.4. The monoisotopic (exact) mass is 464 g/mol. The van der Waals surface area contributed by atoms with Gasteiger partial charge in [0.2, 0.25) is 5.91 Å². The van der Waals surface area contributed by atoms with Gasteiger partial charge in [-0.1, -0.05) is 6.92 Å². The van der Waals surface area contributed by atoms with Gasteiger partial charge in [0.1, 0.15) is 6.17 Å². The lowest BCUT2D eigenvalue weighted by Gasteiger charge is -2.57. The number of nitrogens with one attached hydrogen (secondary N) is 2. The van der Waals surface area contributed by atoms with Crippen molar-refractivity contribution < 1.29 is 18.7 Å². The number of hydrogen-bond acceptors (Lipinski definition) is 5. The van der Waals surface area contributed by atoms with E-state index in [2.05, 4.69) is 22.5 Å². The molecule has 2 saturated carbocycles. The molecule has 7 atom stereocenters. The summed E-state index contributed by atoms with van der Waals surface area (Å²) >= 11 is 0. The maximum absolute atomic E-state index is 14.4. The van der Waals surface area contributed by atoms with E-state index in [9.17, 15) is 14.0 Å². The Labute approximate surface area is 197 Å². The lowest BCUT2D eigenvalue weighted by atomic mass is 9.70. The molecule has 7 nitrogen and oxygen atoms in total. The van der Waals surface area contributed by atoms with Crippen LogP contribution in [0.15, 0.2) is 0 Å². The number of piperidine rings is 1. The van der Waals surface area contributed by atoms with Crippen molar-refractivity contribution in [1.29, 1.82) is 0 Å². The van der Waals surface area contributed by atoms with Crippen molar-refractivity contribution in [2.45, 2.75) is 95.1 Å². The third kappa shape index (κ3) is 4.62. The van der Waals surface area contributed by atoms with Crippen LogP contribution in [0.25, 0.3) is 0 Å². The van der Waals surface area contributed by atoms with Gasteiger partial charge >= 0.3 is 6.09 Å². The van der Waals surface area contributed by atoms with Crippen LogP contribution < -0.4 is 10.6 Å². The third-order valence-corrected chi connectivity index (χ3v) is 9.50. The molecular weight excluding hydrogens is 423 g/mol. The molecule has 3 aliphatic heterocycles. The van der Waals surface area contributed by atoms with Crippen LogP contribution in [0, 0.1) is 17.3 Å². The fourth-order valence-corrected chi connectivity index (χ4v) is 7.41. The summed E-state index contributed by atoms with van der Waals surface area (Å²) in [6.45, 7) is 5.98. The molecular formula is C25H41FN4O3. The van der Waals surface area contributed by atoms with E-state index in [1.807, 2.05) is 4.90 Å². The van der Waals surface area contributed by atoms with E-state index in [0.29, 0.717) is 30.2 Å². The molecule has 3 heterocycles. The SMILES string of the molecule is COC(=O)N1CCC2(CC1)CN(C1CCCC(NC(=O)C3CC4C(F)CCC(C)C4N3)C1)C2. The molecule has 0 radical (unpaired) electrons. The molecule has 5 fully saturated rings. The first-order valence-electron chi connectivity index (χ1n) is 13.1. The van der Waals surface area contributed by atoms with Crippen molar-refractivity contribution in [3.8, 4) is 0 Å². The first-order chi connectivity index (χ1) is 15.9. The molecule has 186 valence electrons. The molecule has 5 rings (SSSR count). The largest absolute Gasteiger partial charge is 0.453 e. The lowest BCUT2D eigenvalue weighted by Crippen LogP contribution is -2.64.